The van der Waals surface area contributed by atoms with Gasteiger partial charge in [-0.3, -0.25) is 0 Å². The first-order valence-corrected chi connectivity index (χ1v) is 10.1. The fraction of sp³-hybridized carbons (Fsp3) is 0.950. The lowest BCUT2D eigenvalue weighted by Crippen LogP contribution is -2.52. The second-order valence-corrected chi connectivity index (χ2v) is 9.04. The Morgan fingerprint density at radius 2 is 1.96 bits per heavy atom. The molecule has 1 aliphatic heterocycles. The predicted octanol–water partition coefficient (Wildman–Crippen LogP) is 4.01. The Morgan fingerprint density at radius 1 is 1.24 bits per heavy atom. The van der Waals surface area contributed by atoms with Gasteiger partial charge >= 0.3 is 6.09 Å². The van der Waals surface area contributed by atoms with Gasteiger partial charge in [0.15, 0.2) is 0 Å². The molecule has 1 aliphatic carbocycles. The molecule has 5 heteroatoms. The van der Waals surface area contributed by atoms with Crippen molar-refractivity contribution in [3.05, 3.63) is 0 Å². The van der Waals surface area contributed by atoms with Crippen molar-refractivity contribution in [3.63, 3.8) is 0 Å². The number of nitrogens with one attached hydrogen (secondary N) is 2. The van der Waals surface area contributed by atoms with E-state index in [4.69, 9.17) is 9.47 Å². The Morgan fingerprint density at radius 3 is 2.64 bits per heavy atom. The molecular formula is C20H38N2O3. The summed E-state index contributed by atoms with van der Waals surface area (Å²) >= 11 is 0. The van der Waals surface area contributed by atoms with Crippen LogP contribution in [0.3, 0.4) is 0 Å². The van der Waals surface area contributed by atoms with E-state index in [-0.39, 0.29) is 11.7 Å². The summed E-state index contributed by atoms with van der Waals surface area (Å²) in [6, 6.07) is 0.999. The van der Waals surface area contributed by atoms with Gasteiger partial charge in [0.25, 0.3) is 0 Å². The number of hydrogen-bond donors (Lipinski definition) is 2. The number of ether oxygens (including phenoxy) is 2. The topological polar surface area (TPSA) is 59.6 Å². The molecule has 5 nitrogen and oxygen atoms in total. The highest BCUT2D eigenvalue weighted by molar-refractivity contribution is 5.67. The zero-order chi connectivity index (χ0) is 18.5. The highest BCUT2D eigenvalue weighted by Gasteiger charge is 2.34. The van der Waals surface area contributed by atoms with Gasteiger partial charge in [0.05, 0.1) is 5.60 Å². The minimum Gasteiger partial charge on any atom is -0.444 e. The Hall–Kier alpha value is -0.810. The van der Waals surface area contributed by atoms with E-state index >= 15 is 0 Å². The summed E-state index contributed by atoms with van der Waals surface area (Å²) in [5.41, 5.74) is -0.435. The molecule has 25 heavy (non-hydrogen) atoms. The van der Waals surface area contributed by atoms with Gasteiger partial charge in [0.1, 0.15) is 5.60 Å². The van der Waals surface area contributed by atoms with Crippen LogP contribution >= 0.6 is 0 Å². The fourth-order valence-corrected chi connectivity index (χ4v) is 4.02. The Kier molecular flexibility index (Phi) is 7.15. The van der Waals surface area contributed by atoms with Crippen molar-refractivity contribution in [2.45, 2.75) is 103 Å². The van der Waals surface area contributed by atoms with Gasteiger partial charge in [-0.25, -0.2) is 4.79 Å². The lowest BCUT2D eigenvalue weighted by Gasteiger charge is -2.42. The molecule has 1 amide bonds. The molecule has 4 atom stereocenters. The summed E-state index contributed by atoms with van der Waals surface area (Å²) in [4.78, 5) is 12.0. The van der Waals surface area contributed by atoms with Crippen molar-refractivity contribution in [1.82, 2.24) is 10.6 Å². The summed E-state index contributed by atoms with van der Waals surface area (Å²) in [7, 11) is 0. The van der Waals surface area contributed by atoms with Crippen LogP contribution in [-0.4, -0.2) is 42.5 Å². The molecule has 0 bridgehead atoms. The molecule has 0 aromatic heterocycles. The van der Waals surface area contributed by atoms with Crippen LogP contribution in [0.1, 0.15) is 79.6 Å². The van der Waals surface area contributed by atoms with Crippen LogP contribution in [0.15, 0.2) is 0 Å². The molecule has 4 unspecified atom stereocenters. The quantitative estimate of drug-likeness (QED) is 0.783. The molecule has 0 spiro atoms. The third kappa shape index (κ3) is 6.78. The van der Waals surface area contributed by atoms with Crippen LogP contribution in [-0.2, 0) is 9.47 Å². The van der Waals surface area contributed by atoms with Gasteiger partial charge in [-0.05, 0) is 65.7 Å². The number of alkyl carbamates (subject to hydrolysis) is 1. The first-order valence-electron chi connectivity index (χ1n) is 10.1. The number of rotatable bonds is 5. The summed E-state index contributed by atoms with van der Waals surface area (Å²) in [5, 5.41) is 6.87. The van der Waals surface area contributed by atoms with Gasteiger partial charge in [-0.1, -0.05) is 19.8 Å². The van der Waals surface area contributed by atoms with Gasteiger partial charge < -0.3 is 20.1 Å². The van der Waals surface area contributed by atoms with E-state index in [1.54, 1.807) is 0 Å². The molecule has 2 rings (SSSR count). The van der Waals surface area contributed by atoms with Crippen molar-refractivity contribution in [1.29, 1.82) is 0 Å². The largest absolute Gasteiger partial charge is 0.444 e. The maximum atomic E-state index is 12.0. The predicted molar refractivity (Wildman–Crippen MR) is 101 cm³/mol. The maximum Gasteiger partial charge on any atom is 0.407 e. The third-order valence-electron chi connectivity index (χ3n) is 5.61. The van der Waals surface area contributed by atoms with E-state index in [0.717, 1.165) is 25.9 Å². The first-order chi connectivity index (χ1) is 11.7. The Labute approximate surface area is 153 Å². The smallest absolute Gasteiger partial charge is 0.407 e. The van der Waals surface area contributed by atoms with Crippen molar-refractivity contribution in [2.24, 2.45) is 5.92 Å². The zero-order valence-corrected chi connectivity index (χ0v) is 16.8. The van der Waals surface area contributed by atoms with Crippen LogP contribution in [0.5, 0.6) is 0 Å². The van der Waals surface area contributed by atoms with Crippen molar-refractivity contribution < 1.29 is 14.3 Å². The second kappa shape index (κ2) is 8.72. The molecule has 0 radical (unpaired) electrons. The number of carbonyl (C=O) groups is 1. The average Bonchev–Trinajstić information content (AvgIpc) is 2.52. The van der Waals surface area contributed by atoms with Gasteiger partial charge in [0.2, 0.25) is 0 Å². The molecule has 2 aliphatic rings. The van der Waals surface area contributed by atoms with E-state index < -0.39 is 5.60 Å². The normalized spacial score (nSPS) is 33.7. The van der Waals surface area contributed by atoms with E-state index in [9.17, 15) is 4.79 Å². The average molecular weight is 355 g/mol. The molecule has 2 N–H and O–H groups in total. The second-order valence-electron chi connectivity index (χ2n) is 9.04. The number of hydrogen-bond acceptors (Lipinski definition) is 4. The summed E-state index contributed by atoms with van der Waals surface area (Å²) in [6.07, 6.45) is 7.79. The standard InChI is InChI=1S/C20H38N2O3/c1-6-20(5)13-16(11-12-24-20)22-17-10-8-7-9-15(17)14-21-18(23)25-19(2,3)4/h15-17,22H,6-14H2,1-5H3,(H,21,23). The van der Waals surface area contributed by atoms with Crippen LogP contribution in [0, 0.1) is 5.92 Å². The summed E-state index contributed by atoms with van der Waals surface area (Å²) < 4.78 is 11.3. The molecule has 0 aromatic carbocycles. The molecule has 1 saturated carbocycles. The van der Waals surface area contributed by atoms with E-state index in [1.165, 1.54) is 25.7 Å². The van der Waals surface area contributed by atoms with Crippen LogP contribution in [0.2, 0.25) is 0 Å². The van der Waals surface area contributed by atoms with Gasteiger partial charge in [0, 0.05) is 25.2 Å². The van der Waals surface area contributed by atoms with Gasteiger partial charge in [-0.15, -0.1) is 0 Å². The highest BCUT2D eigenvalue weighted by Crippen LogP contribution is 2.30. The highest BCUT2D eigenvalue weighted by atomic mass is 16.6. The number of carbonyl (C=O) groups excluding carboxylic acids is 1. The lowest BCUT2D eigenvalue weighted by atomic mass is 9.82. The Bertz CT molecular complexity index is 435. The van der Waals surface area contributed by atoms with Crippen LogP contribution in [0.4, 0.5) is 4.79 Å². The molecular weight excluding hydrogens is 316 g/mol. The maximum absolute atomic E-state index is 12.0. The van der Waals surface area contributed by atoms with Crippen molar-refractivity contribution in [2.75, 3.05) is 13.2 Å². The molecule has 1 saturated heterocycles. The Balaban J connectivity index is 1.84. The fourth-order valence-electron chi connectivity index (χ4n) is 4.02. The lowest BCUT2D eigenvalue weighted by molar-refractivity contribution is -0.0802. The SMILES string of the molecule is CCC1(C)CC(NC2CCCCC2CNC(=O)OC(C)(C)C)CCO1. The molecule has 146 valence electrons. The molecule has 2 fully saturated rings. The molecule has 0 aromatic rings. The van der Waals surface area contributed by atoms with Gasteiger partial charge in [-0.2, -0.15) is 0 Å². The minimum atomic E-state index is -0.443. The van der Waals surface area contributed by atoms with E-state index in [1.807, 2.05) is 20.8 Å². The van der Waals surface area contributed by atoms with Crippen molar-refractivity contribution in [3.8, 4) is 0 Å². The third-order valence-corrected chi connectivity index (χ3v) is 5.61. The molecule has 1 heterocycles. The first kappa shape index (κ1) is 20.5. The van der Waals surface area contributed by atoms with Crippen LogP contribution in [0.25, 0.3) is 0 Å². The van der Waals surface area contributed by atoms with Crippen LogP contribution < -0.4 is 10.6 Å². The monoisotopic (exact) mass is 354 g/mol. The number of amides is 1. The van der Waals surface area contributed by atoms with E-state index in [2.05, 4.69) is 24.5 Å². The summed E-state index contributed by atoms with van der Waals surface area (Å²) in [6.45, 7) is 11.7. The minimum absolute atomic E-state index is 0.00877. The van der Waals surface area contributed by atoms with E-state index in [0.29, 0.717) is 24.5 Å². The van der Waals surface area contributed by atoms with Crippen molar-refractivity contribution >= 4 is 6.09 Å². The zero-order valence-electron chi connectivity index (χ0n) is 16.8. The summed E-state index contributed by atoms with van der Waals surface area (Å²) in [5.74, 6) is 0.483.